The van der Waals surface area contributed by atoms with Gasteiger partial charge in [0.15, 0.2) is 11.0 Å². The number of nitrogens with zero attached hydrogens (tertiary/aromatic N) is 2. The van der Waals surface area contributed by atoms with Crippen LogP contribution in [0.5, 0.6) is 0 Å². The van der Waals surface area contributed by atoms with Gasteiger partial charge >= 0.3 is 0 Å². The highest BCUT2D eigenvalue weighted by molar-refractivity contribution is 6.30. The molecule has 1 aromatic heterocycles. The SMILES string of the molecule is Cc1[nH]c(C(=O)Nc2ccc(CCN3CCOCC3)cc2C2=CCCCC2)nc1Cl. The number of aromatic amines is 1. The number of imidazole rings is 1. The second kappa shape index (κ2) is 9.77. The number of anilines is 1. The van der Waals surface area contributed by atoms with Gasteiger partial charge in [-0.25, -0.2) is 4.98 Å². The number of amides is 1. The van der Waals surface area contributed by atoms with E-state index in [1.165, 1.54) is 24.0 Å². The molecule has 2 aliphatic rings. The number of carbonyl (C=O) groups is 1. The van der Waals surface area contributed by atoms with Crippen molar-refractivity contribution >= 4 is 28.8 Å². The Morgan fingerprint density at radius 2 is 2.13 bits per heavy atom. The van der Waals surface area contributed by atoms with Crippen LogP contribution in [0.1, 0.15) is 53.1 Å². The van der Waals surface area contributed by atoms with Crippen LogP contribution >= 0.6 is 11.6 Å². The molecule has 7 heteroatoms. The molecule has 1 aromatic carbocycles. The molecule has 0 saturated carbocycles. The Hall–Kier alpha value is -2.15. The minimum absolute atomic E-state index is 0.234. The van der Waals surface area contributed by atoms with E-state index >= 15 is 0 Å². The Morgan fingerprint density at radius 3 is 2.83 bits per heavy atom. The molecular weight excluding hydrogens is 400 g/mol. The van der Waals surface area contributed by atoms with Crippen molar-refractivity contribution in [3.8, 4) is 0 Å². The van der Waals surface area contributed by atoms with Crippen LogP contribution in [-0.4, -0.2) is 53.6 Å². The summed E-state index contributed by atoms with van der Waals surface area (Å²) >= 11 is 6.01. The van der Waals surface area contributed by atoms with Crippen molar-refractivity contribution in [3.05, 3.63) is 52.1 Å². The van der Waals surface area contributed by atoms with Gasteiger partial charge in [0.25, 0.3) is 5.91 Å². The van der Waals surface area contributed by atoms with Crippen molar-refractivity contribution in [1.29, 1.82) is 0 Å². The fourth-order valence-corrected chi connectivity index (χ4v) is 4.18. The molecule has 2 N–H and O–H groups in total. The molecule has 1 saturated heterocycles. The van der Waals surface area contributed by atoms with Crippen molar-refractivity contribution in [2.24, 2.45) is 0 Å². The van der Waals surface area contributed by atoms with E-state index in [4.69, 9.17) is 16.3 Å². The van der Waals surface area contributed by atoms with E-state index in [2.05, 4.69) is 38.4 Å². The van der Waals surface area contributed by atoms with Gasteiger partial charge in [0.1, 0.15) is 0 Å². The number of allylic oxidation sites excluding steroid dienone is 2. The molecule has 1 aliphatic carbocycles. The summed E-state index contributed by atoms with van der Waals surface area (Å²) in [7, 11) is 0. The summed E-state index contributed by atoms with van der Waals surface area (Å²) < 4.78 is 5.44. The summed E-state index contributed by atoms with van der Waals surface area (Å²) in [5.41, 5.74) is 5.25. The Bertz CT molecular complexity index is 912. The van der Waals surface area contributed by atoms with Crippen LogP contribution in [0.2, 0.25) is 5.15 Å². The monoisotopic (exact) mass is 428 g/mol. The van der Waals surface area contributed by atoms with Crippen LogP contribution in [0.15, 0.2) is 24.3 Å². The van der Waals surface area contributed by atoms with Crippen molar-refractivity contribution in [2.45, 2.75) is 39.0 Å². The van der Waals surface area contributed by atoms with E-state index < -0.39 is 0 Å². The summed E-state index contributed by atoms with van der Waals surface area (Å²) in [5, 5.41) is 3.37. The molecule has 1 amide bonds. The minimum Gasteiger partial charge on any atom is -0.379 e. The van der Waals surface area contributed by atoms with E-state index in [9.17, 15) is 4.79 Å². The maximum atomic E-state index is 12.7. The number of aryl methyl sites for hydroxylation is 1. The lowest BCUT2D eigenvalue weighted by Gasteiger charge is -2.26. The number of nitrogens with one attached hydrogen (secondary N) is 2. The summed E-state index contributed by atoms with van der Waals surface area (Å²) in [5.74, 6) is -0.0406. The molecule has 0 spiro atoms. The number of halogens is 1. The number of hydrogen-bond acceptors (Lipinski definition) is 4. The number of ether oxygens (including phenoxy) is 1. The zero-order valence-electron chi connectivity index (χ0n) is 17.5. The van der Waals surface area contributed by atoms with Gasteiger partial charge in [-0.1, -0.05) is 23.7 Å². The predicted octanol–water partition coefficient (Wildman–Crippen LogP) is 4.46. The quantitative estimate of drug-likeness (QED) is 0.712. The van der Waals surface area contributed by atoms with Crippen LogP contribution in [-0.2, 0) is 11.2 Å². The molecule has 30 heavy (non-hydrogen) atoms. The van der Waals surface area contributed by atoms with Crippen LogP contribution in [0.25, 0.3) is 5.57 Å². The lowest BCUT2D eigenvalue weighted by molar-refractivity contribution is 0.0384. The first-order valence-corrected chi connectivity index (χ1v) is 11.1. The lowest BCUT2D eigenvalue weighted by atomic mass is 9.91. The Labute approximate surface area is 182 Å². The topological polar surface area (TPSA) is 70.2 Å². The molecule has 2 heterocycles. The van der Waals surface area contributed by atoms with Crippen molar-refractivity contribution in [1.82, 2.24) is 14.9 Å². The average molecular weight is 429 g/mol. The van der Waals surface area contributed by atoms with Gasteiger partial charge in [0, 0.05) is 30.9 Å². The van der Waals surface area contributed by atoms with E-state index in [1.54, 1.807) is 6.92 Å². The molecular formula is C23H29ClN4O2. The summed E-state index contributed by atoms with van der Waals surface area (Å²) in [4.78, 5) is 22.2. The third-order valence-corrected chi connectivity index (χ3v) is 6.20. The summed E-state index contributed by atoms with van der Waals surface area (Å²) in [6.07, 6.45) is 7.85. The van der Waals surface area contributed by atoms with Gasteiger partial charge in [-0.15, -0.1) is 0 Å². The number of benzene rings is 1. The van der Waals surface area contributed by atoms with Gasteiger partial charge in [0.2, 0.25) is 0 Å². The van der Waals surface area contributed by atoms with E-state index in [0.717, 1.165) is 63.4 Å². The molecule has 1 fully saturated rings. The first kappa shape index (κ1) is 21.1. The van der Waals surface area contributed by atoms with Gasteiger partial charge in [-0.05, 0) is 62.3 Å². The minimum atomic E-state index is -0.274. The Kier molecular flexibility index (Phi) is 6.87. The Balaban J connectivity index is 1.54. The third-order valence-electron chi connectivity index (χ3n) is 5.83. The summed E-state index contributed by atoms with van der Waals surface area (Å²) in [6.45, 7) is 6.46. The molecule has 6 nitrogen and oxygen atoms in total. The Morgan fingerprint density at radius 1 is 1.30 bits per heavy atom. The molecule has 0 unspecified atom stereocenters. The van der Waals surface area contributed by atoms with Crippen LogP contribution in [0.4, 0.5) is 5.69 Å². The maximum absolute atomic E-state index is 12.7. The van der Waals surface area contributed by atoms with Gasteiger partial charge in [0.05, 0.1) is 18.9 Å². The van der Waals surface area contributed by atoms with Gasteiger partial charge < -0.3 is 15.0 Å². The third kappa shape index (κ3) is 5.12. The van der Waals surface area contributed by atoms with E-state index in [1.807, 2.05) is 6.07 Å². The summed E-state index contributed by atoms with van der Waals surface area (Å²) in [6, 6.07) is 6.38. The standard InChI is InChI=1S/C23H29ClN4O2/c1-16-21(24)27-22(25-16)23(29)26-20-8-7-17(9-10-28-11-13-30-14-12-28)15-19(20)18-5-3-2-4-6-18/h5,7-8,15H,2-4,6,9-14H2,1H3,(H,25,27)(H,26,29). The molecule has 4 rings (SSSR count). The molecule has 0 bridgehead atoms. The number of aromatic nitrogens is 2. The highest BCUT2D eigenvalue weighted by Crippen LogP contribution is 2.33. The zero-order valence-corrected chi connectivity index (χ0v) is 18.2. The first-order valence-electron chi connectivity index (χ1n) is 10.8. The number of hydrogen-bond donors (Lipinski definition) is 2. The number of rotatable bonds is 6. The lowest BCUT2D eigenvalue weighted by Crippen LogP contribution is -2.37. The van der Waals surface area contributed by atoms with Crippen LogP contribution in [0, 0.1) is 6.92 Å². The van der Waals surface area contributed by atoms with Crippen molar-refractivity contribution in [2.75, 3.05) is 38.2 Å². The largest absolute Gasteiger partial charge is 0.379 e. The smallest absolute Gasteiger partial charge is 0.291 e. The highest BCUT2D eigenvalue weighted by atomic mass is 35.5. The number of carbonyl (C=O) groups excluding carboxylic acids is 1. The predicted molar refractivity (Wildman–Crippen MR) is 120 cm³/mol. The molecule has 2 aromatic rings. The fourth-order valence-electron chi connectivity index (χ4n) is 4.04. The number of morpholine rings is 1. The molecule has 160 valence electrons. The van der Waals surface area contributed by atoms with E-state index in [0.29, 0.717) is 10.8 Å². The van der Waals surface area contributed by atoms with Crippen LogP contribution < -0.4 is 5.32 Å². The van der Waals surface area contributed by atoms with Gasteiger partial charge in [-0.2, -0.15) is 0 Å². The van der Waals surface area contributed by atoms with Crippen LogP contribution in [0.3, 0.4) is 0 Å². The highest BCUT2D eigenvalue weighted by Gasteiger charge is 2.18. The van der Waals surface area contributed by atoms with Crippen molar-refractivity contribution in [3.63, 3.8) is 0 Å². The molecule has 0 radical (unpaired) electrons. The second-order valence-electron chi connectivity index (χ2n) is 8.01. The van der Waals surface area contributed by atoms with Crippen molar-refractivity contribution < 1.29 is 9.53 Å². The molecule has 0 atom stereocenters. The average Bonchev–Trinajstić information content (AvgIpc) is 3.13. The number of H-pyrrole nitrogens is 1. The fraction of sp³-hybridized carbons (Fsp3) is 0.478. The van der Waals surface area contributed by atoms with E-state index in [-0.39, 0.29) is 11.7 Å². The maximum Gasteiger partial charge on any atom is 0.291 e. The second-order valence-corrected chi connectivity index (χ2v) is 8.37. The normalized spacial score (nSPS) is 17.6. The molecule has 1 aliphatic heterocycles. The zero-order chi connectivity index (χ0) is 20.9. The first-order chi connectivity index (χ1) is 14.6. The van der Waals surface area contributed by atoms with Gasteiger partial charge in [-0.3, -0.25) is 9.69 Å².